The van der Waals surface area contributed by atoms with E-state index in [1.807, 2.05) is 0 Å². The van der Waals surface area contributed by atoms with Gasteiger partial charge in [0.1, 0.15) is 5.84 Å². The van der Waals surface area contributed by atoms with Crippen molar-refractivity contribution in [1.82, 2.24) is 20.0 Å². The molecule has 0 unspecified atom stereocenters. The number of carbonyl (C=O) groups is 1. The number of amides is 1. The van der Waals surface area contributed by atoms with Crippen LogP contribution in [-0.2, 0) is 18.3 Å². The molecule has 1 aliphatic carbocycles. The molecule has 2 aromatic rings. The van der Waals surface area contributed by atoms with E-state index >= 15 is 0 Å². The molecule has 1 fully saturated rings. The summed E-state index contributed by atoms with van der Waals surface area (Å²) in [5.74, 6) is -2.61. The van der Waals surface area contributed by atoms with Crippen molar-refractivity contribution in [2.75, 3.05) is 24.5 Å². The highest BCUT2D eigenvalue weighted by atomic mass is 19.3. The van der Waals surface area contributed by atoms with Crippen LogP contribution in [0.4, 0.5) is 23.2 Å². The number of amidine groups is 1. The third kappa shape index (κ3) is 5.67. The van der Waals surface area contributed by atoms with E-state index in [4.69, 9.17) is 0 Å². The summed E-state index contributed by atoms with van der Waals surface area (Å²) >= 11 is 0. The second-order valence-electron chi connectivity index (χ2n) is 10.8. The number of anilines is 1. The van der Waals surface area contributed by atoms with Crippen LogP contribution in [0.2, 0.25) is 0 Å². The number of nitrogens with zero attached hydrogens (tertiary/aromatic N) is 4. The first-order valence-corrected chi connectivity index (χ1v) is 13.4. The van der Waals surface area contributed by atoms with Crippen molar-refractivity contribution < 1.29 is 22.4 Å². The lowest BCUT2D eigenvalue weighted by Crippen LogP contribution is -2.46. The SMILES string of the molecule is CC(=O)N1CCC(NC2CCC(F)(F)CC2)=C(C(=N)N2CCCc3cc(-c4cnn(C)c4)c(C(F)F)cc32)C1. The zero-order valence-electron chi connectivity index (χ0n) is 22.2. The van der Waals surface area contributed by atoms with Crippen LogP contribution in [0.1, 0.15) is 63.0 Å². The lowest BCUT2D eigenvalue weighted by Gasteiger charge is -2.38. The first-order valence-electron chi connectivity index (χ1n) is 13.4. The van der Waals surface area contributed by atoms with Gasteiger partial charge >= 0.3 is 0 Å². The first-order chi connectivity index (χ1) is 18.5. The van der Waals surface area contributed by atoms with Crippen LogP contribution in [0.15, 0.2) is 35.8 Å². The summed E-state index contributed by atoms with van der Waals surface area (Å²) in [6.07, 6.45) is 2.76. The fourth-order valence-corrected chi connectivity index (χ4v) is 5.87. The van der Waals surface area contributed by atoms with Crippen molar-refractivity contribution in [2.45, 2.75) is 70.3 Å². The second kappa shape index (κ2) is 10.7. The zero-order valence-corrected chi connectivity index (χ0v) is 22.2. The number of benzene rings is 1. The van der Waals surface area contributed by atoms with Crippen LogP contribution in [-0.4, -0.2) is 58.0 Å². The Balaban J connectivity index is 1.49. The molecule has 11 heteroatoms. The molecular formula is C28H34F4N6O. The molecule has 3 heterocycles. The van der Waals surface area contributed by atoms with E-state index < -0.39 is 12.3 Å². The number of aryl methyl sites for hydroxylation is 2. The molecule has 1 aromatic carbocycles. The van der Waals surface area contributed by atoms with Gasteiger partial charge in [-0.15, -0.1) is 0 Å². The summed E-state index contributed by atoms with van der Waals surface area (Å²) in [7, 11) is 1.74. The number of halogens is 4. The van der Waals surface area contributed by atoms with E-state index in [1.165, 1.54) is 13.0 Å². The minimum atomic E-state index is -2.72. The quantitative estimate of drug-likeness (QED) is 0.298. The van der Waals surface area contributed by atoms with E-state index in [0.29, 0.717) is 61.2 Å². The van der Waals surface area contributed by atoms with Crippen LogP contribution < -0.4 is 10.2 Å². The Morgan fingerprint density at radius 3 is 2.56 bits per heavy atom. The molecule has 0 spiro atoms. The van der Waals surface area contributed by atoms with Gasteiger partial charge in [-0.1, -0.05) is 0 Å². The molecule has 2 N–H and O–H groups in total. The van der Waals surface area contributed by atoms with E-state index in [-0.39, 0.29) is 42.7 Å². The Morgan fingerprint density at radius 1 is 1.18 bits per heavy atom. The summed E-state index contributed by atoms with van der Waals surface area (Å²) < 4.78 is 57.6. The third-order valence-corrected chi connectivity index (χ3v) is 8.06. The molecule has 0 bridgehead atoms. The van der Waals surface area contributed by atoms with Crippen LogP contribution in [0.5, 0.6) is 0 Å². The number of nitrogens with one attached hydrogen (secondary N) is 2. The molecule has 0 radical (unpaired) electrons. The monoisotopic (exact) mass is 546 g/mol. The summed E-state index contributed by atoms with van der Waals surface area (Å²) in [6.45, 7) is 2.64. The summed E-state index contributed by atoms with van der Waals surface area (Å²) in [5.41, 5.74) is 3.75. The number of hydrogen-bond donors (Lipinski definition) is 2. The fourth-order valence-electron chi connectivity index (χ4n) is 5.87. The van der Waals surface area contributed by atoms with E-state index in [1.54, 1.807) is 40.0 Å². The minimum Gasteiger partial charge on any atom is -0.385 e. The predicted octanol–water partition coefficient (Wildman–Crippen LogP) is 5.43. The normalized spacial score (nSPS) is 19.9. The van der Waals surface area contributed by atoms with Crippen LogP contribution >= 0.6 is 0 Å². The van der Waals surface area contributed by atoms with Gasteiger partial charge in [-0.05, 0) is 48.9 Å². The molecule has 1 amide bonds. The van der Waals surface area contributed by atoms with Crippen molar-refractivity contribution in [1.29, 1.82) is 5.41 Å². The molecule has 1 aromatic heterocycles. The van der Waals surface area contributed by atoms with Crippen molar-refractivity contribution in [3.05, 3.63) is 46.9 Å². The summed E-state index contributed by atoms with van der Waals surface area (Å²) in [6, 6.07) is 3.14. The van der Waals surface area contributed by atoms with Gasteiger partial charge in [0, 0.05) is 86.6 Å². The smallest absolute Gasteiger partial charge is 0.264 e. The number of aromatic nitrogens is 2. The van der Waals surface area contributed by atoms with Gasteiger partial charge in [-0.2, -0.15) is 5.10 Å². The Morgan fingerprint density at radius 2 is 1.92 bits per heavy atom. The number of rotatable bonds is 5. The molecule has 7 nitrogen and oxygen atoms in total. The first kappa shape index (κ1) is 27.2. The molecule has 0 saturated heterocycles. The second-order valence-corrected chi connectivity index (χ2v) is 10.8. The topological polar surface area (TPSA) is 77.2 Å². The average molecular weight is 547 g/mol. The molecule has 210 valence electrons. The molecule has 1 saturated carbocycles. The van der Waals surface area contributed by atoms with Crippen molar-refractivity contribution in [3.63, 3.8) is 0 Å². The minimum absolute atomic E-state index is 0.114. The van der Waals surface area contributed by atoms with E-state index in [9.17, 15) is 27.8 Å². The number of hydrogen-bond acceptors (Lipinski definition) is 4. The van der Waals surface area contributed by atoms with Crippen molar-refractivity contribution in [3.8, 4) is 11.1 Å². The molecule has 2 aliphatic heterocycles. The van der Waals surface area contributed by atoms with Gasteiger partial charge in [0.2, 0.25) is 11.8 Å². The third-order valence-electron chi connectivity index (χ3n) is 8.06. The predicted molar refractivity (Wildman–Crippen MR) is 141 cm³/mol. The van der Waals surface area contributed by atoms with Crippen molar-refractivity contribution >= 4 is 17.4 Å². The molecular weight excluding hydrogens is 512 g/mol. The molecule has 3 aliphatic rings. The lowest BCUT2D eigenvalue weighted by molar-refractivity contribution is -0.128. The van der Waals surface area contributed by atoms with Gasteiger partial charge in [0.15, 0.2) is 0 Å². The summed E-state index contributed by atoms with van der Waals surface area (Å²) in [4.78, 5) is 15.6. The Kier molecular flexibility index (Phi) is 7.43. The summed E-state index contributed by atoms with van der Waals surface area (Å²) in [5, 5.41) is 16.8. The van der Waals surface area contributed by atoms with Gasteiger partial charge < -0.3 is 15.1 Å². The number of carbonyl (C=O) groups excluding carboxylic acids is 1. The van der Waals surface area contributed by atoms with E-state index in [2.05, 4.69) is 10.4 Å². The Labute approximate surface area is 225 Å². The fraction of sp³-hybridized carbons (Fsp3) is 0.536. The highest BCUT2D eigenvalue weighted by molar-refractivity contribution is 6.09. The maximum atomic E-state index is 14.3. The number of fused-ring (bicyclic) bond motifs is 1. The van der Waals surface area contributed by atoms with E-state index in [0.717, 1.165) is 17.7 Å². The lowest BCUT2D eigenvalue weighted by atomic mass is 9.90. The molecule has 39 heavy (non-hydrogen) atoms. The van der Waals surface area contributed by atoms with Gasteiger partial charge in [0.25, 0.3) is 6.43 Å². The van der Waals surface area contributed by atoms with Gasteiger partial charge in [0.05, 0.1) is 12.7 Å². The van der Waals surface area contributed by atoms with Crippen LogP contribution in [0, 0.1) is 5.41 Å². The van der Waals surface area contributed by atoms with Gasteiger partial charge in [-0.25, -0.2) is 17.6 Å². The van der Waals surface area contributed by atoms with Crippen LogP contribution in [0.25, 0.3) is 11.1 Å². The Hall–Kier alpha value is -3.37. The molecule has 0 atom stereocenters. The number of alkyl halides is 4. The largest absolute Gasteiger partial charge is 0.385 e. The maximum Gasteiger partial charge on any atom is 0.264 e. The van der Waals surface area contributed by atoms with Crippen LogP contribution in [0.3, 0.4) is 0 Å². The standard InChI is InChI=1S/C28H34F4N6O/c1-17(39)37-11-7-24(35-20-5-8-28(31,32)9-6-20)23(16-37)27(33)38-10-3-4-18-12-21(19-14-34-36(2)15-19)22(26(29)30)13-25(18)38/h12-15,20,26,33,35H,3-11,16H2,1-2H3. The zero-order chi connectivity index (χ0) is 27.9. The average Bonchev–Trinajstić information content (AvgIpc) is 3.34. The maximum absolute atomic E-state index is 14.3. The van der Waals surface area contributed by atoms with Crippen molar-refractivity contribution in [2.24, 2.45) is 7.05 Å². The molecule has 5 rings (SSSR count). The highest BCUT2D eigenvalue weighted by Gasteiger charge is 2.36. The van der Waals surface area contributed by atoms with Gasteiger partial charge in [-0.3, -0.25) is 14.9 Å². The Bertz CT molecular complexity index is 1290. The highest BCUT2D eigenvalue weighted by Crippen LogP contribution is 2.40.